The number of nitrogens with two attached hydrogens (primary N) is 1. The average molecular weight is 226 g/mol. The standard InChI is InChI=1S/C13H26N2O/c1-10-5-7-12(8-6-10)13(16)15-11(2)4-3-9-14/h10-12H,3-9,14H2,1-2H3,(H,15,16). The van der Waals surface area contributed by atoms with E-state index in [0.717, 1.165) is 31.6 Å². The van der Waals surface area contributed by atoms with Crippen molar-refractivity contribution in [1.82, 2.24) is 5.32 Å². The van der Waals surface area contributed by atoms with E-state index in [-0.39, 0.29) is 17.9 Å². The Bertz CT molecular complexity index is 210. The first-order valence-corrected chi connectivity index (χ1v) is 6.64. The number of hydrogen-bond acceptors (Lipinski definition) is 2. The van der Waals surface area contributed by atoms with Crippen LogP contribution in [0.1, 0.15) is 52.4 Å². The van der Waals surface area contributed by atoms with E-state index in [4.69, 9.17) is 5.73 Å². The normalized spacial score (nSPS) is 27.4. The molecule has 1 atom stereocenters. The van der Waals surface area contributed by atoms with Crippen molar-refractivity contribution in [3.63, 3.8) is 0 Å². The highest BCUT2D eigenvalue weighted by Crippen LogP contribution is 2.28. The van der Waals surface area contributed by atoms with Crippen LogP contribution in [-0.2, 0) is 4.79 Å². The molecule has 0 saturated heterocycles. The molecule has 3 nitrogen and oxygen atoms in total. The van der Waals surface area contributed by atoms with Gasteiger partial charge in [0.1, 0.15) is 0 Å². The lowest BCUT2D eigenvalue weighted by Gasteiger charge is -2.26. The first kappa shape index (κ1) is 13.5. The molecule has 0 spiro atoms. The van der Waals surface area contributed by atoms with E-state index in [1.165, 1.54) is 12.8 Å². The Morgan fingerprint density at radius 2 is 2.00 bits per heavy atom. The van der Waals surface area contributed by atoms with Crippen molar-refractivity contribution in [1.29, 1.82) is 0 Å². The summed E-state index contributed by atoms with van der Waals surface area (Å²) in [6, 6.07) is 0.274. The number of hydrogen-bond donors (Lipinski definition) is 2. The zero-order chi connectivity index (χ0) is 12.0. The Balaban J connectivity index is 2.23. The lowest BCUT2D eigenvalue weighted by molar-refractivity contribution is -0.126. The molecule has 1 unspecified atom stereocenters. The molecular weight excluding hydrogens is 200 g/mol. The molecule has 0 aromatic rings. The van der Waals surface area contributed by atoms with Gasteiger partial charge in [-0.1, -0.05) is 6.92 Å². The number of carbonyl (C=O) groups is 1. The van der Waals surface area contributed by atoms with Crippen LogP contribution < -0.4 is 11.1 Å². The lowest BCUT2D eigenvalue weighted by Crippen LogP contribution is -2.38. The summed E-state index contributed by atoms with van der Waals surface area (Å²) in [6.45, 7) is 5.05. The van der Waals surface area contributed by atoms with Gasteiger partial charge in [-0.15, -0.1) is 0 Å². The lowest BCUT2D eigenvalue weighted by atomic mass is 9.82. The molecule has 1 aliphatic carbocycles. The van der Waals surface area contributed by atoms with Crippen LogP contribution in [-0.4, -0.2) is 18.5 Å². The van der Waals surface area contributed by atoms with E-state index >= 15 is 0 Å². The van der Waals surface area contributed by atoms with Crippen LogP contribution in [0.2, 0.25) is 0 Å². The molecule has 0 heterocycles. The minimum atomic E-state index is 0.261. The fourth-order valence-corrected chi connectivity index (χ4v) is 2.38. The van der Waals surface area contributed by atoms with Crippen LogP contribution in [0.15, 0.2) is 0 Å². The largest absolute Gasteiger partial charge is 0.353 e. The Kier molecular flexibility index (Phi) is 5.81. The van der Waals surface area contributed by atoms with Crippen LogP contribution in [0, 0.1) is 11.8 Å². The summed E-state index contributed by atoms with van der Waals surface area (Å²) in [4.78, 5) is 11.9. The second kappa shape index (κ2) is 6.89. The summed E-state index contributed by atoms with van der Waals surface area (Å²) >= 11 is 0. The van der Waals surface area contributed by atoms with Gasteiger partial charge in [-0.3, -0.25) is 4.79 Å². The van der Waals surface area contributed by atoms with E-state index in [1.807, 2.05) is 0 Å². The quantitative estimate of drug-likeness (QED) is 0.754. The highest BCUT2D eigenvalue weighted by Gasteiger charge is 2.24. The molecule has 0 radical (unpaired) electrons. The molecule has 1 fully saturated rings. The molecule has 0 bridgehead atoms. The summed E-state index contributed by atoms with van der Waals surface area (Å²) in [7, 11) is 0. The fraction of sp³-hybridized carbons (Fsp3) is 0.923. The van der Waals surface area contributed by atoms with Crippen molar-refractivity contribution in [2.75, 3.05) is 6.54 Å². The van der Waals surface area contributed by atoms with Crippen LogP contribution >= 0.6 is 0 Å². The second-order valence-electron chi connectivity index (χ2n) is 5.30. The Morgan fingerprint density at radius 1 is 1.38 bits per heavy atom. The third-order valence-corrected chi connectivity index (χ3v) is 3.62. The van der Waals surface area contributed by atoms with Crippen LogP contribution in [0.3, 0.4) is 0 Å². The molecule has 1 saturated carbocycles. The Labute approximate surface area is 99.2 Å². The molecule has 0 aromatic carbocycles. The van der Waals surface area contributed by atoms with Crippen molar-refractivity contribution in [3.05, 3.63) is 0 Å². The minimum Gasteiger partial charge on any atom is -0.353 e. The predicted octanol–water partition coefficient (Wildman–Crippen LogP) is 2.06. The summed E-state index contributed by atoms with van der Waals surface area (Å²) in [5.41, 5.74) is 5.45. The first-order valence-electron chi connectivity index (χ1n) is 6.64. The van der Waals surface area contributed by atoms with Crippen molar-refractivity contribution in [3.8, 4) is 0 Å². The van der Waals surface area contributed by atoms with E-state index in [2.05, 4.69) is 19.2 Å². The number of carbonyl (C=O) groups excluding carboxylic acids is 1. The molecule has 0 aromatic heterocycles. The highest BCUT2D eigenvalue weighted by atomic mass is 16.1. The topological polar surface area (TPSA) is 55.1 Å². The smallest absolute Gasteiger partial charge is 0.223 e. The minimum absolute atomic E-state index is 0.261. The highest BCUT2D eigenvalue weighted by molar-refractivity contribution is 5.78. The maximum atomic E-state index is 11.9. The zero-order valence-corrected chi connectivity index (χ0v) is 10.7. The average Bonchev–Trinajstić information content (AvgIpc) is 2.27. The molecule has 0 aliphatic heterocycles. The summed E-state index contributed by atoms with van der Waals surface area (Å²) in [5.74, 6) is 1.33. The Hall–Kier alpha value is -0.570. The maximum Gasteiger partial charge on any atom is 0.223 e. The fourth-order valence-electron chi connectivity index (χ4n) is 2.38. The van der Waals surface area contributed by atoms with Crippen molar-refractivity contribution in [2.24, 2.45) is 17.6 Å². The third-order valence-electron chi connectivity index (χ3n) is 3.62. The van der Waals surface area contributed by atoms with Gasteiger partial charge in [-0.05, 0) is 57.9 Å². The molecule has 1 aliphatic rings. The van der Waals surface area contributed by atoms with E-state index < -0.39 is 0 Å². The van der Waals surface area contributed by atoms with Gasteiger partial charge in [0, 0.05) is 12.0 Å². The van der Waals surface area contributed by atoms with Gasteiger partial charge < -0.3 is 11.1 Å². The van der Waals surface area contributed by atoms with E-state index in [0.29, 0.717) is 6.54 Å². The van der Waals surface area contributed by atoms with Gasteiger partial charge in [-0.2, -0.15) is 0 Å². The van der Waals surface area contributed by atoms with Gasteiger partial charge in [0.15, 0.2) is 0 Å². The first-order chi connectivity index (χ1) is 7.63. The van der Waals surface area contributed by atoms with Gasteiger partial charge >= 0.3 is 0 Å². The van der Waals surface area contributed by atoms with Gasteiger partial charge in [-0.25, -0.2) is 0 Å². The molecule has 3 N–H and O–H groups in total. The SMILES string of the molecule is CC1CCC(C(=O)NC(C)CCCN)CC1. The number of amides is 1. The maximum absolute atomic E-state index is 11.9. The molecule has 3 heteroatoms. The van der Waals surface area contributed by atoms with Crippen molar-refractivity contribution >= 4 is 5.91 Å². The molecule has 16 heavy (non-hydrogen) atoms. The predicted molar refractivity (Wildman–Crippen MR) is 67.0 cm³/mol. The molecular formula is C13H26N2O. The molecule has 94 valence electrons. The monoisotopic (exact) mass is 226 g/mol. The van der Waals surface area contributed by atoms with E-state index in [9.17, 15) is 4.79 Å². The summed E-state index contributed by atoms with van der Waals surface area (Å²) in [6.07, 6.45) is 6.52. The van der Waals surface area contributed by atoms with Gasteiger partial charge in [0.2, 0.25) is 5.91 Å². The second-order valence-corrected chi connectivity index (χ2v) is 5.30. The van der Waals surface area contributed by atoms with Crippen molar-refractivity contribution < 1.29 is 4.79 Å². The number of nitrogens with one attached hydrogen (secondary N) is 1. The third kappa shape index (κ3) is 4.52. The summed E-state index contributed by atoms with van der Waals surface area (Å²) < 4.78 is 0. The molecule has 1 amide bonds. The van der Waals surface area contributed by atoms with Gasteiger partial charge in [0.05, 0.1) is 0 Å². The van der Waals surface area contributed by atoms with E-state index in [1.54, 1.807) is 0 Å². The zero-order valence-electron chi connectivity index (χ0n) is 10.7. The van der Waals surface area contributed by atoms with Crippen LogP contribution in [0.25, 0.3) is 0 Å². The molecule has 1 rings (SSSR count). The van der Waals surface area contributed by atoms with Gasteiger partial charge in [0.25, 0.3) is 0 Å². The van der Waals surface area contributed by atoms with Crippen LogP contribution in [0.5, 0.6) is 0 Å². The number of rotatable bonds is 5. The van der Waals surface area contributed by atoms with Crippen LogP contribution in [0.4, 0.5) is 0 Å². The summed E-state index contributed by atoms with van der Waals surface area (Å²) in [5, 5.41) is 3.10. The Morgan fingerprint density at radius 3 is 2.56 bits per heavy atom. The van der Waals surface area contributed by atoms with Crippen molar-refractivity contribution in [2.45, 2.75) is 58.4 Å².